The van der Waals surface area contributed by atoms with E-state index in [1.807, 2.05) is 6.08 Å². The molecule has 1 rings (SSSR count). The number of hydrogen-bond donors (Lipinski definition) is 0. The third kappa shape index (κ3) is 5.87. The van der Waals surface area contributed by atoms with Crippen LogP contribution in [0.4, 0.5) is 0 Å². The van der Waals surface area contributed by atoms with E-state index in [2.05, 4.69) is 51.5 Å². The van der Waals surface area contributed by atoms with Gasteiger partial charge in [0.05, 0.1) is 19.3 Å². The average molecular weight is 355 g/mol. The van der Waals surface area contributed by atoms with E-state index >= 15 is 0 Å². The van der Waals surface area contributed by atoms with Gasteiger partial charge in [-0.1, -0.05) is 65.7 Å². The Bertz CT molecular complexity index is 435. The molecule has 138 valence electrons. The first-order valence-corrected chi connectivity index (χ1v) is 11.1. The zero-order valence-corrected chi connectivity index (χ0v) is 17.1. The van der Waals surface area contributed by atoms with E-state index in [1.165, 1.54) is 13.2 Å². The fraction of sp³-hybridized carbons (Fsp3) is 0.737. The average Bonchev–Trinajstić information content (AvgIpc) is 2.73. The Balaban J connectivity index is 2.95. The van der Waals surface area contributed by atoms with Crippen molar-refractivity contribution in [1.82, 2.24) is 0 Å². The highest BCUT2D eigenvalue weighted by atomic mass is 28.4. The van der Waals surface area contributed by atoms with Crippen LogP contribution in [0.5, 0.6) is 0 Å². The predicted octanol–water partition coefficient (Wildman–Crippen LogP) is 4.90. The van der Waals surface area contributed by atoms with Crippen molar-refractivity contribution in [3.05, 3.63) is 24.3 Å². The van der Waals surface area contributed by atoms with Gasteiger partial charge in [0.2, 0.25) is 0 Å². The minimum Gasteiger partial charge on any atom is -0.466 e. The normalized spacial score (nSPS) is 23.8. The lowest BCUT2D eigenvalue weighted by Crippen LogP contribution is -2.51. The van der Waals surface area contributed by atoms with Gasteiger partial charge in [0.25, 0.3) is 0 Å². The molecule has 0 amide bonds. The standard InChI is InChI=1S/C19H34O4Si/c1-7-8-10-17-13-14-18(11-9-12-19(20)21-6)23-24(22-17,15(2)3)16(4)5/h9,12-18H,7-8,10-11H2,1-6H3/b12-9-/t17-,18+/m0/s1. The highest BCUT2D eigenvalue weighted by molar-refractivity contribution is 6.70. The summed E-state index contributed by atoms with van der Waals surface area (Å²) in [6, 6.07) is 0. The van der Waals surface area contributed by atoms with Crippen LogP contribution >= 0.6 is 0 Å². The second-order valence-electron chi connectivity index (χ2n) is 7.03. The third-order valence-electron chi connectivity index (χ3n) is 4.49. The highest BCUT2D eigenvalue weighted by Gasteiger charge is 2.48. The lowest BCUT2D eigenvalue weighted by Gasteiger charge is -2.40. The molecule has 0 aliphatic carbocycles. The van der Waals surface area contributed by atoms with Crippen molar-refractivity contribution >= 4 is 14.5 Å². The number of hydrogen-bond acceptors (Lipinski definition) is 4. The SMILES string of the molecule is CCCC[C@H]1C=C[C@@H](C/C=C\C(=O)OC)O[Si](C(C)C)(C(C)C)O1. The van der Waals surface area contributed by atoms with E-state index in [9.17, 15) is 4.79 Å². The monoisotopic (exact) mass is 354 g/mol. The molecule has 0 N–H and O–H groups in total. The quantitative estimate of drug-likeness (QED) is 0.269. The van der Waals surface area contributed by atoms with Crippen molar-refractivity contribution in [3.63, 3.8) is 0 Å². The van der Waals surface area contributed by atoms with Crippen molar-refractivity contribution in [3.8, 4) is 0 Å². The summed E-state index contributed by atoms with van der Waals surface area (Å²) >= 11 is 0. The fourth-order valence-electron chi connectivity index (χ4n) is 3.09. The van der Waals surface area contributed by atoms with E-state index in [0.717, 1.165) is 19.3 Å². The molecule has 0 saturated carbocycles. The van der Waals surface area contributed by atoms with Crippen LogP contribution in [0.15, 0.2) is 24.3 Å². The van der Waals surface area contributed by atoms with Gasteiger partial charge in [-0.25, -0.2) is 4.79 Å². The van der Waals surface area contributed by atoms with Crippen molar-refractivity contribution in [2.45, 2.75) is 83.6 Å². The molecule has 0 bridgehead atoms. The molecule has 0 aromatic rings. The molecular formula is C19H34O4Si. The molecule has 0 spiro atoms. The molecule has 2 atom stereocenters. The first-order valence-electron chi connectivity index (χ1n) is 9.14. The van der Waals surface area contributed by atoms with Crippen LogP contribution in [0.3, 0.4) is 0 Å². The maximum atomic E-state index is 11.3. The molecular weight excluding hydrogens is 320 g/mol. The summed E-state index contributed by atoms with van der Waals surface area (Å²) in [5, 5.41) is 0. The predicted molar refractivity (Wildman–Crippen MR) is 100 cm³/mol. The zero-order valence-electron chi connectivity index (χ0n) is 16.1. The second-order valence-corrected chi connectivity index (χ2v) is 11.3. The molecule has 1 aliphatic rings. The van der Waals surface area contributed by atoms with Gasteiger partial charge in [-0.05, 0) is 23.9 Å². The van der Waals surface area contributed by atoms with Gasteiger partial charge in [0.1, 0.15) is 0 Å². The molecule has 0 radical (unpaired) electrons. The number of ether oxygens (including phenoxy) is 1. The van der Waals surface area contributed by atoms with Gasteiger partial charge in [0.15, 0.2) is 0 Å². The van der Waals surface area contributed by atoms with Crippen molar-refractivity contribution < 1.29 is 18.4 Å². The third-order valence-corrected chi connectivity index (χ3v) is 9.05. The Morgan fingerprint density at radius 3 is 2.29 bits per heavy atom. The van der Waals surface area contributed by atoms with E-state index in [-0.39, 0.29) is 18.2 Å². The largest absolute Gasteiger partial charge is 0.466 e. The number of esters is 1. The van der Waals surface area contributed by atoms with Crippen LogP contribution in [0.25, 0.3) is 0 Å². The maximum absolute atomic E-state index is 11.3. The molecule has 0 fully saturated rings. The summed E-state index contributed by atoms with van der Waals surface area (Å²) < 4.78 is 17.8. The summed E-state index contributed by atoms with van der Waals surface area (Å²) in [4.78, 5) is 11.3. The van der Waals surface area contributed by atoms with Crippen LogP contribution in [0.2, 0.25) is 11.1 Å². The van der Waals surface area contributed by atoms with E-state index in [0.29, 0.717) is 17.5 Å². The lowest BCUT2D eigenvalue weighted by atomic mass is 10.1. The molecule has 4 nitrogen and oxygen atoms in total. The highest BCUT2D eigenvalue weighted by Crippen LogP contribution is 2.39. The first kappa shape index (κ1) is 21.1. The van der Waals surface area contributed by atoms with Gasteiger partial charge in [-0.2, -0.15) is 0 Å². The van der Waals surface area contributed by atoms with E-state index < -0.39 is 8.56 Å². The molecule has 1 aliphatic heterocycles. The smallest absolute Gasteiger partial charge is 0.344 e. The summed E-state index contributed by atoms with van der Waals surface area (Å²) in [5.74, 6) is -0.332. The molecule has 24 heavy (non-hydrogen) atoms. The van der Waals surface area contributed by atoms with Crippen molar-refractivity contribution in [2.75, 3.05) is 7.11 Å². The second kappa shape index (κ2) is 10.2. The van der Waals surface area contributed by atoms with Gasteiger partial charge in [-0.15, -0.1) is 0 Å². The number of unbranched alkanes of at least 4 members (excludes halogenated alkanes) is 1. The topological polar surface area (TPSA) is 44.8 Å². The Kier molecular flexibility index (Phi) is 8.95. The van der Waals surface area contributed by atoms with Gasteiger partial charge < -0.3 is 13.6 Å². The number of rotatable bonds is 8. The Morgan fingerprint density at radius 2 is 1.75 bits per heavy atom. The lowest BCUT2D eigenvalue weighted by molar-refractivity contribution is -0.134. The fourth-order valence-corrected chi connectivity index (χ4v) is 6.89. The molecule has 0 saturated heterocycles. The number of carbonyl (C=O) groups excluding carboxylic acids is 1. The van der Waals surface area contributed by atoms with Crippen LogP contribution in [0, 0.1) is 0 Å². The van der Waals surface area contributed by atoms with Crippen LogP contribution in [-0.2, 0) is 18.4 Å². The van der Waals surface area contributed by atoms with Crippen LogP contribution < -0.4 is 0 Å². The zero-order chi connectivity index (χ0) is 18.2. The Morgan fingerprint density at radius 1 is 1.17 bits per heavy atom. The van der Waals surface area contributed by atoms with Gasteiger partial charge in [-0.3, -0.25) is 0 Å². The minimum absolute atomic E-state index is 0.0472. The van der Waals surface area contributed by atoms with Crippen LogP contribution in [-0.4, -0.2) is 33.8 Å². The van der Waals surface area contributed by atoms with Crippen molar-refractivity contribution in [2.24, 2.45) is 0 Å². The minimum atomic E-state index is -2.36. The van der Waals surface area contributed by atoms with Gasteiger partial charge >= 0.3 is 14.5 Å². The molecule has 0 unspecified atom stereocenters. The Labute approximate surface area is 148 Å². The summed E-state index contributed by atoms with van der Waals surface area (Å²) in [5.41, 5.74) is 0.738. The van der Waals surface area contributed by atoms with Crippen LogP contribution in [0.1, 0.15) is 60.3 Å². The Hall–Kier alpha value is -0.913. The first-order chi connectivity index (χ1) is 11.4. The molecule has 0 aromatic heterocycles. The number of carbonyl (C=O) groups is 1. The summed E-state index contributed by atoms with van der Waals surface area (Å²) in [6.45, 7) is 11.0. The summed E-state index contributed by atoms with van der Waals surface area (Å²) in [7, 11) is -0.977. The summed E-state index contributed by atoms with van der Waals surface area (Å²) in [6.07, 6.45) is 11.7. The van der Waals surface area contributed by atoms with Gasteiger partial charge in [0, 0.05) is 6.08 Å². The molecule has 5 heteroatoms. The van der Waals surface area contributed by atoms with Crippen molar-refractivity contribution in [1.29, 1.82) is 0 Å². The maximum Gasteiger partial charge on any atom is 0.344 e. The molecule has 1 heterocycles. The number of methoxy groups -OCH3 is 1. The molecule has 0 aromatic carbocycles. The van der Waals surface area contributed by atoms with E-state index in [1.54, 1.807) is 0 Å². The van der Waals surface area contributed by atoms with E-state index in [4.69, 9.17) is 8.85 Å².